The molecule has 0 saturated heterocycles. The molecule has 1 aliphatic rings. The van der Waals surface area contributed by atoms with Crippen molar-refractivity contribution >= 4 is 22.6 Å². The van der Waals surface area contributed by atoms with Crippen LogP contribution in [0.15, 0.2) is 35.9 Å². The average Bonchev–Trinajstić information content (AvgIpc) is 2.38. The lowest BCUT2D eigenvalue weighted by atomic mass is 9.90. The Morgan fingerprint density at radius 3 is 2.76 bits per heavy atom. The molecule has 1 aromatic rings. The first kappa shape index (κ1) is 13.1. The fourth-order valence-corrected chi connectivity index (χ4v) is 3.18. The van der Waals surface area contributed by atoms with Gasteiger partial charge in [0.2, 0.25) is 0 Å². The van der Waals surface area contributed by atoms with E-state index < -0.39 is 0 Å². The second-order valence-corrected chi connectivity index (χ2v) is 5.70. The minimum atomic E-state index is 0.424. The van der Waals surface area contributed by atoms with Gasteiger partial charge in [-0.25, -0.2) is 0 Å². The number of rotatable bonds is 4. The van der Waals surface area contributed by atoms with Crippen LogP contribution in [0.5, 0.6) is 0 Å². The van der Waals surface area contributed by atoms with Crippen molar-refractivity contribution in [2.45, 2.75) is 38.6 Å². The largest absolute Gasteiger partial charge is 0.307 e. The van der Waals surface area contributed by atoms with Crippen molar-refractivity contribution in [3.63, 3.8) is 0 Å². The molecule has 1 aliphatic carbocycles. The highest BCUT2D eigenvalue weighted by Crippen LogP contribution is 2.31. The summed E-state index contributed by atoms with van der Waals surface area (Å²) in [6, 6.07) is 9.14. The lowest BCUT2D eigenvalue weighted by molar-refractivity contribution is 0.562. The third kappa shape index (κ3) is 3.32. The maximum atomic E-state index is 3.64. The molecule has 1 N–H and O–H groups in total. The van der Waals surface area contributed by atoms with Crippen LogP contribution in [0.4, 0.5) is 0 Å². The minimum absolute atomic E-state index is 0.424. The Labute approximate surface area is 118 Å². The summed E-state index contributed by atoms with van der Waals surface area (Å²) in [4.78, 5) is 0. The van der Waals surface area contributed by atoms with Crippen molar-refractivity contribution in [3.8, 4) is 0 Å². The molecule has 17 heavy (non-hydrogen) atoms. The van der Waals surface area contributed by atoms with Crippen LogP contribution in [0, 0.1) is 3.57 Å². The summed E-state index contributed by atoms with van der Waals surface area (Å²) in [5, 5.41) is 3.64. The standard InChI is InChI=1S/C15H20IN/c1-2-17-15(12-8-4-3-5-9-12)13-10-6-7-11-14(13)16/h6-8,10-11,15,17H,2-5,9H2,1H3. The molecule has 0 saturated carbocycles. The monoisotopic (exact) mass is 341 g/mol. The molecule has 1 unspecified atom stereocenters. The number of hydrogen-bond acceptors (Lipinski definition) is 1. The second kappa shape index (κ2) is 6.55. The first-order chi connectivity index (χ1) is 8.33. The van der Waals surface area contributed by atoms with Gasteiger partial charge in [0.25, 0.3) is 0 Å². The summed E-state index contributed by atoms with van der Waals surface area (Å²) in [6.07, 6.45) is 7.65. The Kier molecular flexibility index (Phi) is 5.04. The number of likely N-dealkylation sites (N-methyl/N-ethyl adjacent to an activating group) is 1. The molecule has 1 atom stereocenters. The van der Waals surface area contributed by atoms with E-state index in [1.54, 1.807) is 5.57 Å². The zero-order chi connectivity index (χ0) is 12.1. The SMILES string of the molecule is CCNC(C1=CCCCC1)c1ccccc1I. The Balaban J connectivity index is 2.28. The van der Waals surface area contributed by atoms with Crippen LogP contribution in [-0.2, 0) is 0 Å². The molecule has 0 radical (unpaired) electrons. The van der Waals surface area contributed by atoms with Gasteiger partial charge in [-0.05, 0) is 66.4 Å². The molecule has 0 heterocycles. The maximum Gasteiger partial charge on any atom is 0.0546 e. The number of nitrogens with one attached hydrogen (secondary N) is 1. The Hall–Kier alpha value is -0.350. The molecule has 1 nitrogen and oxygen atoms in total. The fourth-order valence-electron chi connectivity index (χ4n) is 2.48. The zero-order valence-corrected chi connectivity index (χ0v) is 12.5. The fraction of sp³-hybridized carbons (Fsp3) is 0.467. The Morgan fingerprint density at radius 2 is 2.12 bits per heavy atom. The summed E-state index contributed by atoms with van der Waals surface area (Å²) in [7, 11) is 0. The lowest BCUT2D eigenvalue weighted by Crippen LogP contribution is -2.24. The van der Waals surface area contributed by atoms with E-state index in [0.717, 1.165) is 6.54 Å². The Morgan fingerprint density at radius 1 is 1.29 bits per heavy atom. The summed E-state index contributed by atoms with van der Waals surface area (Å²) in [5.41, 5.74) is 3.02. The van der Waals surface area contributed by atoms with E-state index in [1.807, 2.05) is 0 Å². The van der Waals surface area contributed by atoms with Gasteiger partial charge < -0.3 is 5.32 Å². The predicted octanol–water partition coefficient (Wildman–Crippen LogP) is 4.44. The van der Waals surface area contributed by atoms with Gasteiger partial charge in [-0.1, -0.05) is 36.8 Å². The molecular formula is C15H20IN. The predicted molar refractivity (Wildman–Crippen MR) is 82.1 cm³/mol. The molecule has 2 rings (SSSR count). The quantitative estimate of drug-likeness (QED) is 0.631. The highest BCUT2D eigenvalue weighted by molar-refractivity contribution is 14.1. The third-order valence-electron chi connectivity index (χ3n) is 3.32. The van der Waals surface area contributed by atoms with E-state index in [0.29, 0.717) is 6.04 Å². The summed E-state index contributed by atoms with van der Waals surface area (Å²) in [5.74, 6) is 0. The van der Waals surface area contributed by atoms with Gasteiger partial charge in [0.05, 0.1) is 6.04 Å². The lowest BCUT2D eigenvalue weighted by Gasteiger charge is -2.25. The highest BCUT2D eigenvalue weighted by Gasteiger charge is 2.18. The van der Waals surface area contributed by atoms with Crippen LogP contribution in [0.25, 0.3) is 0 Å². The number of benzene rings is 1. The van der Waals surface area contributed by atoms with Crippen LogP contribution in [0.3, 0.4) is 0 Å². The normalized spacial score (nSPS) is 17.6. The minimum Gasteiger partial charge on any atom is -0.307 e. The molecule has 0 bridgehead atoms. The molecule has 2 heteroatoms. The van der Waals surface area contributed by atoms with Crippen molar-refractivity contribution in [2.75, 3.05) is 6.54 Å². The average molecular weight is 341 g/mol. The zero-order valence-electron chi connectivity index (χ0n) is 10.4. The van der Waals surface area contributed by atoms with Gasteiger partial charge >= 0.3 is 0 Å². The van der Waals surface area contributed by atoms with Gasteiger partial charge in [-0.15, -0.1) is 0 Å². The number of hydrogen-bond donors (Lipinski definition) is 1. The van der Waals surface area contributed by atoms with Crippen LogP contribution < -0.4 is 5.32 Å². The first-order valence-corrected chi connectivity index (χ1v) is 7.57. The third-order valence-corrected chi connectivity index (χ3v) is 4.30. The van der Waals surface area contributed by atoms with Crippen molar-refractivity contribution in [3.05, 3.63) is 45.0 Å². The van der Waals surface area contributed by atoms with Crippen LogP contribution in [0.2, 0.25) is 0 Å². The van der Waals surface area contributed by atoms with Crippen molar-refractivity contribution in [2.24, 2.45) is 0 Å². The van der Waals surface area contributed by atoms with Crippen LogP contribution in [-0.4, -0.2) is 6.54 Å². The number of halogens is 1. The van der Waals surface area contributed by atoms with E-state index in [9.17, 15) is 0 Å². The van der Waals surface area contributed by atoms with Gasteiger partial charge in [-0.2, -0.15) is 0 Å². The molecule has 92 valence electrons. The van der Waals surface area contributed by atoms with Gasteiger partial charge in [0, 0.05) is 3.57 Å². The smallest absolute Gasteiger partial charge is 0.0546 e. The molecule has 0 aromatic heterocycles. The maximum absolute atomic E-state index is 3.64. The van der Waals surface area contributed by atoms with E-state index in [-0.39, 0.29) is 0 Å². The summed E-state index contributed by atoms with van der Waals surface area (Å²) < 4.78 is 1.36. The van der Waals surface area contributed by atoms with E-state index in [2.05, 4.69) is 65.2 Å². The van der Waals surface area contributed by atoms with Crippen molar-refractivity contribution in [1.82, 2.24) is 5.32 Å². The van der Waals surface area contributed by atoms with E-state index in [1.165, 1.54) is 34.8 Å². The Bertz CT molecular complexity index is 398. The molecule has 0 fully saturated rings. The van der Waals surface area contributed by atoms with Gasteiger partial charge in [-0.3, -0.25) is 0 Å². The molecule has 0 amide bonds. The summed E-state index contributed by atoms with van der Waals surface area (Å²) in [6.45, 7) is 3.21. The van der Waals surface area contributed by atoms with Gasteiger partial charge in [0.15, 0.2) is 0 Å². The van der Waals surface area contributed by atoms with Crippen LogP contribution in [0.1, 0.15) is 44.2 Å². The van der Waals surface area contributed by atoms with Crippen LogP contribution >= 0.6 is 22.6 Å². The second-order valence-electron chi connectivity index (χ2n) is 4.54. The summed E-state index contributed by atoms with van der Waals surface area (Å²) >= 11 is 2.44. The van der Waals surface area contributed by atoms with Gasteiger partial charge in [0.1, 0.15) is 0 Å². The van der Waals surface area contributed by atoms with E-state index in [4.69, 9.17) is 0 Å². The number of allylic oxidation sites excluding steroid dienone is 1. The van der Waals surface area contributed by atoms with Crippen molar-refractivity contribution < 1.29 is 0 Å². The highest BCUT2D eigenvalue weighted by atomic mass is 127. The molecule has 0 aliphatic heterocycles. The molecule has 1 aromatic carbocycles. The first-order valence-electron chi connectivity index (χ1n) is 6.49. The molecule has 0 spiro atoms. The van der Waals surface area contributed by atoms with E-state index >= 15 is 0 Å². The topological polar surface area (TPSA) is 12.0 Å². The molecular weight excluding hydrogens is 321 g/mol. The van der Waals surface area contributed by atoms with Crippen molar-refractivity contribution in [1.29, 1.82) is 0 Å².